The Kier molecular flexibility index (Phi) is 2.95. The molecule has 0 saturated carbocycles. The van der Waals surface area contributed by atoms with Gasteiger partial charge < -0.3 is 10.4 Å². The molecule has 0 saturated heterocycles. The van der Waals surface area contributed by atoms with E-state index in [1.165, 1.54) is 20.9 Å². The summed E-state index contributed by atoms with van der Waals surface area (Å²) in [6.07, 6.45) is 0. The predicted molar refractivity (Wildman–Crippen MR) is 40.5 cm³/mol. The number of aliphatic carboxylic acids is 1. The van der Waals surface area contributed by atoms with Crippen molar-refractivity contribution in [1.82, 2.24) is 5.32 Å². The monoisotopic (exact) mass is 173 g/mol. The highest BCUT2D eigenvalue weighted by Gasteiger charge is 2.39. The molecule has 0 radical (unpaired) electrons. The molecule has 0 aliphatic carbocycles. The molecule has 5 heteroatoms. The lowest BCUT2D eigenvalue weighted by molar-refractivity contribution is -0.156. The van der Waals surface area contributed by atoms with Gasteiger partial charge in [-0.3, -0.25) is 14.4 Å². The Labute approximate surface area is 69.8 Å². The number of carboxylic acid groups (broad SMARTS) is 1. The van der Waals surface area contributed by atoms with Crippen molar-refractivity contribution in [1.29, 1.82) is 0 Å². The van der Waals surface area contributed by atoms with Crippen LogP contribution in [0.25, 0.3) is 0 Å². The molecule has 12 heavy (non-hydrogen) atoms. The molecule has 0 unspecified atom stereocenters. The smallest absolute Gasteiger partial charge is 0.317 e. The maximum absolute atomic E-state index is 11.0. The summed E-state index contributed by atoms with van der Waals surface area (Å²) in [5.74, 6) is -3.14. The van der Waals surface area contributed by atoms with Crippen LogP contribution in [0, 0.1) is 5.41 Å². The third-order valence-electron chi connectivity index (χ3n) is 1.54. The Morgan fingerprint density at radius 2 is 1.67 bits per heavy atom. The van der Waals surface area contributed by atoms with Crippen molar-refractivity contribution in [3.8, 4) is 0 Å². The van der Waals surface area contributed by atoms with Crippen LogP contribution in [0.3, 0.4) is 0 Å². The van der Waals surface area contributed by atoms with Gasteiger partial charge in [-0.25, -0.2) is 0 Å². The van der Waals surface area contributed by atoms with E-state index in [-0.39, 0.29) is 0 Å². The highest BCUT2D eigenvalue weighted by atomic mass is 16.4. The molecule has 68 valence electrons. The van der Waals surface area contributed by atoms with Gasteiger partial charge in [0.25, 0.3) is 5.91 Å². The molecule has 0 bridgehead atoms. The number of carbonyl (C=O) groups is 3. The van der Waals surface area contributed by atoms with Crippen LogP contribution in [0.15, 0.2) is 0 Å². The highest BCUT2D eigenvalue weighted by molar-refractivity contribution is 6.41. The van der Waals surface area contributed by atoms with E-state index in [1.807, 2.05) is 0 Å². The Hall–Kier alpha value is -1.39. The zero-order valence-electron chi connectivity index (χ0n) is 7.17. The van der Waals surface area contributed by atoms with Crippen LogP contribution in [0.4, 0.5) is 0 Å². The first-order valence-electron chi connectivity index (χ1n) is 3.34. The summed E-state index contributed by atoms with van der Waals surface area (Å²) in [6, 6.07) is 0. The molecular weight excluding hydrogens is 162 g/mol. The fourth-order valence-corrected chi connectivity index (χ4v) is 0.494. The first-order chi connectivity index (χ1) is 5.34. The summed E-state index contributed by atoms with van der Waals surface area (Å²) >= 11 is 0. The average Bonchev–Trinajstić information content (AvgIpc) is 2.01. The fraction of sp³-hybridized carbons (Fsp3) is 0.571. The molecular formula is C7H11NO4. The van der Waals surface area contributed by atoms with E-state index in [4.69, 9.17) is 5.11 Å². The molecule has 0 aliphatic rings. The van der Waals surface area contributed by atoms with E-state index in [1.54, 1.807) is 0 Å². The first-order valence-corrected chi connectivity index (χ1v) is 3.34. The van der Waals surface area contributed by atoms with Gasteiger partial charge in [0.15, 0.2) is 0 Å². The Balaban J connectivity index is 4.69. The predicted octanol–water partition coefficient (Wildman–Crippen LogP) is -0.588. The van der Waals surface area contributed by atoms with E-state index < -0.39 is 23.1 Å². The zero-order valence-corrected chi connectivity index (χ0v) is 7.17. The van der Waals surface area contributed by atoms with Gasteiger partial charge in [-0.15, -0.1) is 0 Å². The second kappa shape index (κ2) is 3.34. The summed E-state index contributed by atoms with van der Waals surface area (Å²) in [5, 5.41) is 10.6. The number of nitrogens with one attached hydrogen (secondary N) is 1. The van der Waals surface area contributed by atoms with Crippen molar-refractivity contribution in [3.63, 3.8) is 0 Å². The average molecular weight is 173 g/mol. The normalized spacial score (nSPS) is 10.6. The molecule has 0 fully saturated rings. The van der Waals surface area contributed by atoms with Gasteiger partial charge in [0, 0.05) is 7.05 Å². The van der Waals surface area contributed by atoms with Crippen LogP contribution >= 0.6 is 0 Å². The standard InChI is InChI=1S/C7H11NO4/c1-7(2,6(11)12)4(9)5(10)8-3/h1-3H3,(H,8,10)(H,11,12). The highest BCUT2D eigenvalue weighted by Crippen LogP contribution is 2.16. The summed E-state index contributed by atoms with van der Waals surface area (Å²) in [4.78, 5) is 32.3. The van der Waals surface area contributed by atoms with Crippen molar-refractivity contribution in [2.75, 3.05) is 7.05 Å². The number of carboxylic acids is 1. The second-order valence-corrected chi connectivity index (χ2v) is 2.84. The number of rotatable bonds is 3. The number of hydrogen-bond acceptors (Lipinski definition) is 3. The quantitative estimate of drug-likeness (QED) is 0.441. The van der Waals surface area contributed by atoms with Crippen LogP contribution < -0.4 is 5.32 Å². The molecule has 0 heterocycles. The van der Waals surface area contributed by atoms with Crippen LogP contribution in [-0.2, 0) is 14.4 Å². The van der Waals surface area contributed by atoms with Crippen LogP contribution in [0.1, 0.15) is 13.8 Å². The van der Waals surface area contributed by atoms with Gasteiger partial charge in [0.2, 0.25) is 5.78 Å². The minimum atomic E-state index is -1.65. The number of hydrogen-bond donors (Lipinski definition) is 2. The number of carbonyl (C=O) groups excluding carboxylic acids is 2. The van der Waals surface area contributed by atoms with E-state index in [0.29, 0.717) is 0 Å². The maximum atomic E-state index is 11.0. The number of amides is 1. The van der Waals surface area contributed by atoms with Crippen molar-refractivity contribution in [2.24, 2.45) is 5.41 Å². The van der Waals surface area contributed by atoms with Crippen molar-refractivity contribution in [3.05, 3.63) is 0 Å². The molecule has 0 spiro atoms. The molecule has 0 aromatic rings. The fourth-order valence-electron chi connectivity index (χ4n) is 0.494. The molecule has 1 amide bonds. The Bertz CT molecular complexity index is 232. The van der Waals surface area contributed by atoms with Crippen molar-refractivity contribution in [2.45, 2.75) is 13.8 Å². The molecule has 0 aromatic carbocycles. The van der Waals surface area contributed by atoms with E-state index in [9.17, 15) is 14.4 Å². The van der Waals surface area contributed by atoms with E-state index in [2.05, 4.69) is 5.32 Å². The third kappa shape index (κ3) is 1.81. The summed E-state index contributed by atoms with van der Waals surface area (Å²) < 4.78 is 0. The van der Waals surface area contributed by atoms with Crippen LogP contribution in [-0.4, -0.2) is 29.8 Å². The zero-order chi connectivity index (χ0) is 9.94. The summed E-state index contributed by atoms with van der Waals surface area (Å²) in [7, 11) is 1.28. The van der Waals surface area contributed by atoms with Gasteiger partial charge in [0.1, 0.15) is 5.41 Å². The largest absolute Gasteiger partial charge is 0.480 e. The summed E-state index contributed by atoms with van der Waals surface area (Å²) in [6.45, 7) is 2.37. The SMILES string of the molecule is CNC(=O)C(=O)C(C)(C)C(=O)O. The lowest BCUT2D eigenvalue weighted by Crippen LogP contribution is -2.42. The molecule has 0 atom stereocenters. The van der Waals surface area contributed by atoms with Gasteiger partial charge in [0.05, 0.1) is 0 Å². The third-order valence-corrected chi connectivity index (χ3v) is 1.54. The number of Topliss-reactive ketones (excluding diaryl/α,β-unsaturated/α-hetero) is 1. The van der Waals surface area contributed by atoms with Gasteiger partial charge in [-0.05, 0) is 13.8 Å². The van der Waals surface area contributed by atoms with Crippen molar-refractivity contribution >= 4 is 17.7 Å². The molecule has 5 nitrogen and oxygen atoms in total. The Morgan fingerprint density at radius 1 is 1.25 bits per heavy atom. The first kappa shape index (κ1) is 10.6. The Morgan fingerprint density at radius 3 is 1.92 bits per heavy atom. The van der Waals surface area contributed by atoms with Gasteiger partial charge >= 0.3 is 5.97 Å². The molecule has 2 N–H and O–H groups in total. The van der Waals surface area contributed by atoms with Crippen LogP contribution in [0.5, 0.6) is 0 Å². The van der Waals surface area contributed by atoms with Crippen LogP contribution in [0.2, 0.25) is 0 Å². The van der Waals surface area contributed by atoms with E-state index >= 15 is 0 Å². The van der Waals surface area contributed by atoms with E-state index in [0.717, 1.165) is 0 Å². The number of ketones is 1. The van der Waals surface area contributed by atoms with Gasteiger partial charge in [-0.1, -0.05) is 0 Å². The summed E-state index contributed by atoms with van der Waals surface area (Å²) in [5.41, 5.74) is -1.65. The lowest BCUT2D eigenvalue weighted by atomic mass is 9.88. The van der Waals surface area contributed by atoms with Gasteiger partial charge in [-0.2, -0.15) is 0 Å². The van der Waals surface area contributed by atoms with Crippen molar-refractivity contribution < 1.29 is 19.5 Å². The molecule has 0 rings (SSSR count). The second-order valence-electron chi connectivity index (χ2n) is 2.84. The molecule has 0 aromatic heterocycles. The molecule has 0 aliphatic heterocycles. The topological polar surface area (TPSA) is 83.5 Å². The maximum Gasteiger partial charge on any atom is 0.317 e. The number of likely N-dealkylation sites (N-methyl/N-ethyl adjacent to an activating group) is 1. The minimum absolute atomic E-state index is 0.887. The minimum Gasteiger partial charge on any atom is -0.480 e. The lowest BCUT2D eigenvalue weighted by Gasteiger charge is -2.15.